The van der Waals surface area contributed by atoms with Crippen LogP contribution in [0.15, 0.2) is 253 Å². The van der Waals surface area contributed by atoms with Gasteiger partial charge < -0.3 is 42.6 Å². The first-order valence-electron chi connectivity index (χ1n) is 28.4. The molecule has 10 rings (SSSR count). The minimum Gasteiger partial charge on any atom is -0.372 e. The Bertz CT molecular complexity index is 3410. The quantitative estimate of drug-likeness (QED) is 0.0247. The molecule has 0 aromatic heterocycles. The van der Waals surface area contributed by atoms with Crippen molar-refractivity contribution in [2.45, 2.75) is 106 Å². The summed E-state index contributed by atoms with van der Waals surface area (Å²) in [6.45, 7) is 0.517. The average molecular weight is 1170 g/mol. The van der Waals surface area contributed by atoms with Crippen LogP contribution in [0.25, 0.3) is 0 Å². The molecule has 9 atom stereocenters. The summed E-state index contributed by atoms with van der Waals surface area (Å²) in [6.07, 6.45) is -6.29. The van der Waals surface area contributed by atoms with E-state index in [0.29, 0.717) is 5.57 Å². The van der Waals surface area contributed by atoms with Crippen LogP contribution in [-0.4, -0.2) is 93.0 Å². The normalized spacial score (nSPS) is 21.5. The number of rotatable bonds is 29. The lowest BCUT2D eigenvalue weighted by Gasteiger charge is -2.49. The van der Waals surface area contributed by atoms with Crippen molar-refractivity contribution in [3.05, 3.63) is 297 Å². The molecular weight excluding hydrogens is 1100 g/mol. The summed E-state index contributed by atoms with van der Waals surface area (Å²) >= 11 is 0. The van der Waals surface area contributed by atoms with E-state index in [0.717, 1.165) is 38.9 Å². The predicted octanol–water partition coefficient (Wildman–Crippen LogP) is 12.0. The number of ether oxygens (including phenoxy) is 9. The largest absolute Gasteiger partial charge is 0.372 e. The van der Waals surface area contributed by atoms with Crippen LogP contribution < -0.4 is 0 Å². The Morgan fingerprint density at radius 3 is 1.21 bits per heavy atom. The standard InChI is InChI=1S/C69H70N2O13S/c1-76-69-68(83-49-57-35-21-8-22-36-57)67(82-48-56-33-19-7-20-34-56)65(80-46-54-29-15-5-16-30-54)62(84-69)42-70(85(74,75)60-39-37-59(38-40-60)71(72)73)61-41-58(50-77-43-51-23-9-2-10-24-51)63(78-44-52-25-11-3-12-26-52)66(81-47-55-31-17-6-18-32-55)64(61)79-45-53-27-13-4-14-28-53/h2-41,61-69H,42-50H2,1H3/t61-,62-,63-,64+,65-,66+,67+,68-,69+/m1/s1. The molecule has 0 bridgehead atoms. The van der Waals surface area contributed by atoms with Gasteiger partial charge in [0.1, 0.15) is 42.7 Å². The highest BCUT2D eigenvalue weighted by atomic mass is 32.2. The molecule has 8 aromatic rings. The molecule has 16 heteroatoms. The third-order valence-corrected chi connectivity index (χ3v) is 16.8. The Morgan fingerprint density at radius 1 is 0.435 bits per heavy atom. The monoisotopic (exact) mass is 1170 g/mol. The second-order valence-electron chi connectivity index (χ2n) is 20.8. The minimum absolute atomic E-state index is 0.00278. The molecule has 85 heavy (non-hydrogen) atoms. The van der Waals surface area contributed by atoms with Crippen LogP contribution in [-0.2, 0) is 98.9 Å². The van der Waals surface area contributed by atoms with E-state index in [4.69, 9.17) is 42.6 Å². The lowest BCUT2D eigenvalue weighted by molar-refractivity contribution is -0.384. The van der Waals surface area contributed by atoms with E-state index in [2.05, 4.69) is 0 Å². The number of sulfonamides is 1. The fourth-order valence-electron chi connectivity index (χ4n) is 10.6. The van der Waals surface area contributed by atoms with E-state index >= 15 is 8.42 Å². The molecule has 8 aromatic carbocycles. The van der Waals surface area contributed by atoms with Gasteiger partial charge in [0.15, 0.2) is 6.29 Å². The number of benzene rings is 8. The maximum Gasteiger partial charge on any atom is 0.269 e. The van der Waals surface area contributed by atoms with Crippen molar-refractivity contribution in [2.75, 3.05) is 20.3 Å². The molecule has 2 aliphatic rings. The smallest absolute Gasteiger partial charge is 0.269 e. The van der Waals surface area contributed by atoms with Crippen molar-refractivity contribution in [3.63, 3.8) is 0 Å². The lowest BCUT2D eigenvalue weighted by atomic mass is 9.87. The Morgan fingerprint density at radius 2 is 0.800 bits per heavy atom. The van der Waals surface area contributed by atoms with Gasteiger partial charge in [0.25, 0.3) is 5.69 Å². The third kappa shape index (κ3) is 16.5. The summed E-state index contributed by atoms with van der Waals surface area (Å²) < 4.78 is 96.1. The zero-order chi connectivity index (χ0) is 58.6. The molecule has 0 radical (unpaired) electrons. The molecule has 0 amide bonds. The van der Waals surface area contributed by atoms with E-state index in [1.807, 2.05) is 218 Å². The molecule has 1 saturated heterocycles. The summed E-state index contributed by atoms with van der Waals surface area (Å²) in [5.74, 6) is 0. The van der Waals surface area contributed by atoms with Crippen molar-refractivity contribution in [1.82, 2.24) is 4.31 Å². The van der Waals surface area contributed by atoms with Gasteiger partial charge in [0.2, 0.25) is 10.0 Å². The van der Waals surface area contributed by atoms with Gasteiger partial charge in [0, 0.05) is 25.8 Å². The zero-order valence-corrected chi connectivity index (χ0v) is 48.1. The number of methoxy groups -OCH3 is 1. The molecule has 1 aliphatic carbocycles. The van der Waals surface area contributed by atoms with Gasteiger partial charge in [0.05, 0.1) is 68.7 Å². The summed E-state index contributed by atoms with van der Waals surface area (Å²) in [6, 6.07) is 71.6. The topological polar surface area (TPSA) is 164 Å². The van der Waals surface area contributed by atoms with Gasteiger partial charge in [-0.2, -0.15) is 4.31 Å². The summed E-state index contributed by atoms with van der Waals surface area (Å²) in [5, 5.41) is 12.1. The Balaban J connectivity index is 1.14. The van der Waals surface area contributed by atoms with E-state index in [1.54, 1.807) is 0 Å². The molecule has 1 fully saturated rings. The Kier molecular flexibility index (Phi) is 21.7. The van der Waals surface area contributed by atoms with Crippen molar-refractivity contribution in [2.24, 2.45) is 0 Å². The second kappa shape index (κ2) is 30.5. The number of hydrogen-bond donors (Lipinski definition) is 0. The maximum absolute atomic E-state index is 16.3. The maximum atomic E-state index is 16.3. The number of nitro benzene ring substituents is 1. The summed E-state index contributed by atoms with van der Waals surface area (Å²) in [4.78, 5) is 11.3. The highest BCUT2D eigenvalue weighted by Crippen LogP contribution is 2.38. The molecule has 0 N–H and O–H groups in total. The zero-order valence-electron chi connectivity index (χ0n) is 47.3. The number of nitrogens with zero attached hydrogens (tertiary/aromatic N) is 2. The van der Waals surface area contributed by atoms with E-state index in [1.165, 1.54) is 35.7 Å². The Hall–Kier alpha value is -7.55. The number of hydrogen-bond acceptors (Lipinski definition) is 13. The molecule has 0 spiro atoms. The molecule has 1 heterocycles. The van der Waals surface area contributed by atoms with Crippen molar-refractivity contribution in [1.29, 1.82) is 0 Å². The van der Waals surface area contributed by atoms with E-state index < -0.39 is 76.6 Å². The van der Waals surface area contributed by atoms with Crippen LogP contribution >= 0.6 is 0 Å². The van der Waals surface area contributed by atoms with Crippen LogP contribution in [0, 0.1) is 10.1 Å². The van der Waals surface area contributed by atoms with Crippen molar-refractivity contribution < 1.29 is 56.0 Å². The predicted molar refractivity (Wildman–Crippen MR) is 321 cm³/mol. The Labute approximate surface area is 497 Å². The van der Waals surface area contributed by atoms with Crippen LogP contribution in [0.5, 0.6) is 0 Å². The van der Waals surface area contributed by atoms with E-state index in [9.17, 15) is 10.1 Å². The van der Waals surface area contributed by atoms with Crippen LogP contribution in [0.4, 0.5) is 5.69 Å². The van der Waals surface area contributed by atoms with Gasteiger partial charge >= 0.3 is 0 Å². The van der Waals surface area contributed by atoms with Gasteiger partial charge in [-0.25, -0.2) is 8.42 Å². The van der Waals surface area contributed by atoms with E-state index in [-0.39, 0.29) is 63.4 Å². The first-order valence-corrected chi connectivity index (χ1v) is 29.8. The van der Waals surface area contributed by atoms with Gasteiger partial charge in [-0.05, 0) is 56.6 Å². The van der Waals surface area contributed by atoms with Crippen LogP contribution in [0.1, 0.15) is 38.9 Å². The molecule has 0 saturated carbocycles. The first-order chi connectivity index (χ1) is 41.7. The molecular formula is C69H70N2O13S. The van der Waals surface area contributed by atoms with Crippen molar-refractivity contribution >= 4 is 15.7 Å². The third-order valence-electron chi connectivity index (χ3n) is 15.0. The highest BCUT2D eigenvalue weighted by molar-refractivity contribution is 7.89. The van der Waals surface area contributed by atoms with Gasteiger partial charge in [-0.1, -0.05) is 218 Å². The van der Waals surface area contributed by atoms with Crippen LogP contribution in [0.2, 0.25) is 0 Å². The molecule has 440 valence electrons. The SMILES string of the molecule is CO[C@H]1O[C@H](CN([C@@H]2C=C(COCc3ccccc3)[C@@H](OCc3ccccc3)[C@H](OCc3ccccc3)[C@H]2OCc2ccccc2)S(=O)(=O)c2ccc([N+](=O)[O-])cc2)[C@@H](OCc2ccccc2)[C@H](OCc2ccccc2)[C@H]1OCc1ccccc1. The fourth-order valence-corrected chi connectivity index (χ4v) is 12.2. The molecule has 15 nitrogen and oxygen atoms in total. The number of non-ortho nitro benzene ring substituents is 1. The average Bonchev–Trinajstić information content (AvgIpc) is 1.54. The lowest BCUT2D eigenvalue weighted by Crippen LogP contribution is -2.65. The minimum atomic E-state index is -4.76. The fraction of sp³-hybridized carbons (Fsp3) is 0.275. The van der Waals surface area contributed by atoms with Gasteiger partial charge in [-0.3, -0.25) is 10.1 Å². The van der Waals surface area contributed by atoms with Crippen LogP contribution in [0.3, 0.4) is 0 Å². The van der Waals surface area contributed by atoms with Gasteiger partial charge in [-0.15, -0.1) is 0 Å². The van der Waals surface area contributed by atoms with Crippen molar-refractivity contribution in [3.8, 4) is 0 Å². The highest BCUT2D eigenvalue weighted by Gasteiger charge is 2.53. The second-order valence-corrected chi connectivity index (χ2v) is 22.7. The molecule has 1 aliphatic heterocycles. The molecule has 0 unspecified atom stereocenters. The summed E-state index contributed by atoms with van der Waals surface area (Å²) in [5.41, 5.74) is 6.44. The first kappa shape index (κ1) is 60.6. The summed E-state index contributed by atoms with van der Waals surface area (Å²) in [7, 11) is -3.25. The number of nitro groups is 1.